The molecule has 1 unspecified atom stereocenters. The van der Waals surface area contributed by atoms with Gasteiger partial charge in [-0.15, -0.1) is 0 Å². The first-order valence-corrected chi connectivity index (χ1v) is 3.41. The monoisotopic (exact) mass is 143 g/mol. The van der Waals surface area contributed by atoms with E-state index < -0.39 is 0 Å². The van der Waals surface area contributed by atoms with Crippen LogP contribution in [0.15, 0.2) is 5.16 Å². The highest BCUT2D eigenvalue weighted by molar-refractivity contribution is 5.90. The lowest BCUT2D eigenvalue weighted by Gasteiger charge is -2.20. The molecule has 1 aliphatic rings. The van der Waals surface area contributed by atoms with Gasteiger partial charge in [0.15, 0.2) is 0 Å². The van der Waals surface area contributed by atoms with Crippen LogP contribution in [0.5, 0.6) is 0 Å². The molecule has 1 heterocycles. The Morgan fingerprint density at radius 3 is 3.20 bits per heavy atom. The highest BCUT2D eigenvalue weighted by Crippen LogP contribution is 1.96. The van der Waals surface area contributed by atoms with Crippen LogP contribution in [0.1, 0.15) is 6.42 Å². The summed E-state index contributed by atoms with van der Waals surface area (Å²) in [5.74, 6) is 0. The molecule has 0 aromatic heterocycles. The molecule has 1 rings (SSSR count). The summed E-state index contributed by atoms with van der Waals surface area (Å²) in [5, 5.41) is 6.98. The lowest BCUT2D eigenvalue weighted by Crippen LogP contribution is -2.46. The van der Waals surface area contributed by atoms with Crippen molar-refractivity contribution in [1.82, 2.24) is 5.32 Å². The average Bonchev–Trinajstić information content (AvgIpc) is 1.94. The number of nitrogens with two attached hydrogens (primary N) is 1. The van der Waals surface area contributed by atoms with Crippen LogP contribution in [0.3, 0.4) is 0 Å². The Labute approximate surface area is 60.4 Å². The first-order chi connectivity index (χ1) is 4.84. The summed E-state index contributed by atoms with van der Waals surface area (Å²) >= 11 is 0. The van der Waals surface area contributed by atoms with E-state index in [2.05, 4.69) is 15.3 Å². The van der Waals surface area contributed by atoms with E-state index in [9.17, 15) is 0 Å². The van der Waals surface area contributed by atoms with Gasteiger partial charge < -0.3 is 15.9 Å². The molecule has 0 radical (unpaired) electrons. The Morgan fingerprint density at radius 2 is 2.60 bits per heavy atom. The quantitative estimate of drug-likeness (QED) is 0.478. The van der Waals surface area contributed by atoms with Crippen LogP contribution in [-0.2, 0) is 4.84 Å². The fourth-order valence-corrected chi connectivity index (χ4v) is 1.01. The summed E-state index contributed by atoms with van der Waals surface area (Å²) in [6.45, 7) is 1.76. The topological polar surface area (TPSA) is 59.6 Å². The molecule has 0 aromatic carbocycles. The molecular formula is C6H13N3O. The number of nitrogens with one attached hydrogen (secondary N) is 1. The lowest BCUT2D eigenvalue weighted by molar-refractivity contribution is 0.210. The summed E-state index contributed by atoms with van der Waals surface area (Å²) in [5.41, 5.74) is 6.65. The van der Waals surface area contributed by atoms with E-state index in [1.807, 2.05) is 0 Å². The fraction of sp³-hybridized carbons (Fsp3) is 0.833. The largest absolute Gasteiger partial charge is 0.399 e. The van der Waals surface area contributed by atoms with Gasteiger partial charge in [-0.05, 0) is 0 Å². The summed E-state index contributed by atoms with van der Waals surface area (Å²) in [6, 6.07) is 0.0358. The van der Waals surface area contributed by atoms with Crippen LogP contribution < -0.4 is 11.1 Å². The fourth-order valence-electron chi connectivity index (χ4n) is 1.01. The zero-order valence-corrected chi connectivity index (χ0v) is 6.13. The van der Waals surface area contributed by atoms with E-state index >= 15 is 0 Å². The Hall–Kier alpha value is -0.610. The summed E-state index contributed by atoms with van der Waals surface area (Å²) in [4.78, 5) is 4.63. The normalized spacial score (nSPS) is 30.6. The van der Waals surface area contributed by atoms with Crippen molar-refractivity contribution in [2.24, 2.45) is 10.9 Å². The van der Waals surface area contributed by atoms with E-state index in [0.717, 1.165) is 25.2 Å². The van der Waals surface area contributed by atoms with Crippen molar-refractivity contribution in [3.63, 3.8) is 0 Å². The van der Waals surface area contributed by atoms with E-state index in [1.165, 1.54) is 0 Å². The maximum atomic E-state index is 5.69. The second-order valence-electron chi connectivity index (χ2n) is 2.33. The van der Waals surface area contributed by atoms with Gasteiger partial charge in [-0.25, -0.2) is 0 Å². The van der Waals surface area contributed by atoms with Gasteiger partial charge in [-0.3, -0.25) is 0 Å². The summed E-state index contributed by atoms with van der Waals surface area (Å²) in [7, 11) is 1.54. The Balaban J connectivity index is 2.47. The van der Waals surface area contributed by atoms with Gasteiger partial charge in [0.25, 0.3) is 0 Å². The third-order valence-corrected chi connectivity index (χ3v) is 1.56. The predicted octanol–water partition coefficient (Wildman–Crippen LogP) is -0.691. The average molecular weight is 143 g/mol. The van der Waals surface area contributed by atoms with Gasteiger partial charge in [-0.1, -0.05) is 5.16 Å². The number of piperidine rings is 1. The molecule has 58 valence electrons. The number of hydrogen-bond donors (Lipinski definition) is 2. The van der Waals surface area contributed by atoms with Crippen LogP contribution >= 0.6 is 0 Å². The minimum atomic E-state index is 0.0358. The molecule has 0 aromatic rings. The summed E-state index contributed by atoms with van der Waals surface area (Å²) in [6.07, 6.45) is 0.898. The molecule has 0 saturated carbocycles. The van der Waals surface area contributed by atoms with Crippen LogP contribution in [0.4, 0.5) is 0 Å². The van der Waals surface area contributed by atoms with Crippen LogP contribution in [0, 0.1) is 0 Å². The summed E-state index contributed by atoms with van der Waals surface area (Å²) < 4.78 is 0. The molecule has 3 N–H and O–H groups in total. The number of nitrogens with zero attached hydrogens (tertiary/aromatic N) is 1. The highest BCUT2D eigenvalue weighted by atomic mass is 16.6. The van der Waals surface area contributed by atoms with Crippen molar-refractivity contribution < 1.29 is 4.84 Å². The predicted molar refractivity (Wildman–Crippen MR) is 39.9 cm³/mol. The third-order valence-electron chi connectivity index (χ3n) is 1.56. The molecule has 0 amide bonds. The zero-order chi connectivity index (χ0) is 7.40. The maximum absolute atomic E-state index is 5.69. The van der Waals surface area contributed by atoms with Crippen molar-refractivity contribution in [2.75, 3.05) is 20.2 Å². The van der Waals surface area contributed by atoms with E-state index in [-0.39, 0.29) is 6.04 Å². The molecule has 0 aliphatic carbocycles. The molecule has 4 heteroatoms. The molecule has 1 atom stereocenters. The van der Waals surface area contributed by atoms with Crippen molar-refractivity contribution in [2.45, 2.75) is 12.5 Å². The Bertz CT molecular complexity index is 135. The third kappa shape index (κ3) is 1.68. The van der Waals surface area contributed by atoms with Gasteiger partial charge >= 0.3 is 0 Å². The van der Waals surface area contributed by atoms with Crippen molar-refractivity contribution in [3.8, 4) is 0 Å². The minimum Gasteiger partial charge on any atom is -0.399 e. The Morgan fingerprint density at radius 1 is 1.80 bits per heavy atom. The second-order valence-corrected chi connectivity index (χ2v) is 2.33. The van der Waals surface area contributed by atoms with Crippen molar-refractivity contribution >= 4 is 5.71 Å². The van der Waals surface area contributed by atoms with Crippen molar-refractivity contribution in [1.29, 1.82) is 0 Å². The van der Waals surface area contributed by atoms with Gasteiger partial charge in [-0.2, -0.15) is 0 Å². The van der Waals surface area contributed by atoms with E-state index in [4.69, 9.17) is 5.73 Å². The highest BCUT2D eigenvalue weighted by Gasteiger charge is 2.15. The lowest BCUT2D eigenvalue weighted by atomic mass is 10.1. The van der Waals surface area contributed by atoms with E-state index in [0.29, 0.717) is 0 Å². The molecule has 0 spiro atoms. The van der Waals surface area contributed by atoms with Crippen LogP contribution in [0.2, 0.25) is 0 Å². The zero-order valence-electron chi connectivity index (χ0n) is 6.13. The maximum Gasteiger partial charge on any atom is 0.106 e. The van der Waals surface area contributed by atoms with Crippen LogP contribution in [0.25, 0.3) is 0 Å². The van der Waals surface area contributed by atoms with Crippen molar-refractivity contribution in [3.05, 3.63) is 0 Å². The van der Waals surface area contributed by atoms with Gasteiger partial charge in [0.2, 0.25) is 0 Å². The molecular weight excluding hydrogens is 130 g/mol. The van der Waals surface area contributed by atoms with E-state index in [1.54, 1.807) is 7.11 Å². The molecule has 1 saturated heterocycles. The van der Waals surface area contributed by atoms with Gasteiger partial charge in [0.1, 0.15) is 7.11 Å². The molecule has 0 bridgehead atoms. The number of oxime groups is 1. The molecule has 4 nitrogen and oxygen atoms in total. The molecule has 1 aliphatic heterocycles. The van der Waals surface area contributed by atoms with Gasteiger partial charge in [0, 0.05) is 19.5 Å². The Kier molecular flexibility index (Phi) is 2.65. The number of hydrogen-bond acceptors (Lipinski definition) is 4. The van der Waals surface area contributed by atoms with Crippen LogP contribution in [-0.4, -0.2) is 32.0 Å². The van der Waals surface area contributed by atoms with Gasteiger partial charge in [0.05, 0.1) is 11.8 Å². The molecule has 1 fully saturated rings. The smallest absolute Gasteiger partial charge is 0.106 e. The minimum absolute atomic E-state index is 0.0358. The second kappa shape index (κ2) is 3.53. The SMILES string of the molecule is CON=C1CCNCC1N. The first kappa shape index (κ1) is 7.50. The molecule has 10 heavy (non-hydrogen) atoms. The first-order valence-electron chi connectivity index (χ1n) is 3.41. The number of rotatable bonds is 1. The standard InChI is InChI=1S/C6H13N3O/c1-10-9-6-2-3-8-4-5(6)7/h5,8H,2-4,7H2,1H3.